The Morgan fingerprint density at radius 1 is 0.542 bits per heavy atom. The minimum Gasteiger partial charge on any atom is -0.481 e. The molecule has 1 heterocycles. The highest BCUT2D eigenvalue weighted by atomic mass is 33.1. The first-order valence-corrected chi connectivity index (χ1v) is 34.0. The van der Waals surface area contributed by atoms with Crippen molar-refractivity contribution in [1.29, 1.82) is 0 Å². The van der Waals surface area contributed by atoms with Crippen molar-refractivity contribution in [3.63, 3.8) is 0 Å². The second kappa shape index (κ2) is 43.0. The number of carbonyl (C=O) groups excluding carboxylic acids is 12. The quantitative estimate of drug-likeness (QED) is 0.0250. The van der Waals surface area contributed by atoms with Crippen molar-refractivity contribution in [2.45, 2.75) is 171 Å². The Labute approximate surface area is 563 Å². The van der Waals surface area contributed by atoms with Gasteiger partial charge in [0.05, 0.1) is 25.6 Å². The molecule has 11 atom stereocenters. The number of hydrogen-bond donors (Lipinski definition) is 20. The maximum atomic E-state index is 14.5. The molecule has 0 spiro atoms. The zero-order valence-corrected chi connectivity index (χ0v) is 55.8. The van der Waals surface area contributed by atoms with Crippen LogP contribution in [-0.2, 0) is 68.7 Å². The lowest BCUT2D eigenvalue weighted by molar-refractivity contribution is -0.142. The van der Waals surface area contributed by atoms with Gasteiger partial charge in [-0.05, 0) is 75.7 Å². The van der Waals surface area contributed by atoms with E-state index in [1.165, 1.54) is 6.92 Å². The Morgan fingerprint density at radius 2 is 1.02 bits per heavy atom. The van der Waals surface area contributed by atoms with Crippen LogP contribution >= 0.6 is 21.6 Å². The molecular formula is C58H96N22O14S2. The van der Waals surface area contributed by atoms with Gasteiger partial charge in [-0.25, -0.2) is 0 Å². The molecule has 1 saturated carbocycles. The Balaban J connectivity index is 2.13. The minimum absolute atomic E-state index is 0.00182. The summed E-state index contributed by atoms with van der Waals surface area (Å²) < 4.78 is 0. The molecule has 1 aromatic carbocycles. The molecule has 0 aromatic heterocycles. The number of nitrogens with two attached hydrogens (primary N) is 8. The van der Waals surface area contributed by atoms with Gasteiger partial charge in [0.25, 0.3) is 0 Å². The van der Waals surface area contributed by atoms with Crippen LogP contribution in [0.5, 0.6) is 0 Å². The van der Waals surface area contributed by atoms with Crippen molar-refractivity contribution in [3.8, 4) is 0 Å². The fourth-order valence-electron chi connectivity index (χ4n) is 9.87. The normalized spacial score (nSPS) is 24.9. The van der Waals surface area contributed by atoms with Crippen LogP contribution in [0.4, 0.5) is 0 Å². The summed E-state index contributed by atoms with van der Waals surface area (Å²) in [6.45, 7) is 3.05. The van der Waals surface area contributed by atoms with Crippen LogP contribution in [0.2, 0.25) is 0 Å². The number of amides is 12. The molecule has 0 radical (unpaired) electrons. The van der Waals surface area contributed by atoms with Gasteiger partial charge in [0.2, 0.25) is 70.9 Å². The molecule has 28 N–H and O–H groups in total. The van der Waals surface area contributed by atoms with E-state index in [2.05, 4.69) is 73.5 Å². The van der Waals surface area contributed by atoms with E-state index in [9.17, 15) is 67.4 Å². The summed E-state index contributed by atoms with van der Waals surface area (Å²) in [6.07, 6.45) is 2.22. The number of aliphatic imine (C=N–C) groups is 3. The Hall–Kier alpha value is -9.20. The smallest absolute Gasteiger partial charge is 0.305 e. The van der Waals surface area contributed by atoms with Crippen molar-refractivity contribution < 1.29 is 67.4 Å². The molecule has 0 unspecified atom stereocenters. The molecule has 534 valence electrons. The van der Waals surface area contributed by atoms with Crippen LogP contribution < -0.4 is 104 Å². The van der Waals surface area contributed by atoms with Crippen molar-refractivity contribution >= 4 is 116 Å². The number of primary amides is 1. The second-order valence-electron chi connectivity index (χ2n) is 23.1. The molecule has 2 aliphatic rings. The van der Waals surface area contributed by atoms with Crippen molar-refractivity contribution in [2.75, 3.05) is 44.2 Å². The third-order valence-corrected chi connectivity index (χ3v) is 17.8. The van der Waals surface area contributed by atoms with E-state index in [-0.39, 0.29) is 106 Å². The highest BCUT2D eigenvalue weighted by Crippen LogP contribution is 2.28. The van der Waals surface area contributed by atoms with E-state index in [4.69, 9.17) is 45.9 Å². The van der Waals surface area contributed by atoms with Gasteiger partial charge in [0.1, 0.15) is 54.4 Å². The number of nitrogens with zero attached hydrogens (tertiary/aromatic N) is 3. The number of benzene rings is 1. The summed E-state index contributed by atoms with van der Waals surface area (Å²) in [5, 5.41) is 37.8. The molecule has 1 aliphatic heterocycles. The van der Waals surface area contributed by atoms with Gasteiger partial charge in [-0.3, -0.25) is 77.3 Å². The predicted octanol–water partition coefficient (Wildman–Crippen LogP) is -6.69. The second-order valence-corrected chi connectivity index (χ2v) is 25.7. The first kappa shape index (κ1) is 81.0. The van der Waals surface area contributed by atoms with Crippen molar-refractivity contribution in [1.82, 2.24) is 58.5 Å². The Kier molecular flexibility index (Phi) is 36.3. The summed E-state index contributed by atoms with van der Waals surface area (Å²) in [5.74, 6) is -14.8. The topological polar surface area (TPSA) is 620 Å². The molecule has 96 heavy (non-hydrogen) atoms. The molecule has 38 heteroatoms. The van der Waals surface area contributed by atoms with Gasteiger partial charge in [-0.1, -0.05) is 91.5 Å². The number of nitrogens with one attached hydrogen (secondary N) is 11. The van der Waals surface area contributed by atoms with Crippen molar-refractivity contribution in [2.24, 2.45) is 72.7 Å². The number of carboxylic acids is 1. The summed E-state index contributed by atoms with van der Waals surface area (Å²) >= 11 is 0. The average Bonchev–Trinajstić information content (AvgIpc) is 0.906. The molecular weight excluding hydrogens is 1290 g/mol. The highest BCUT2D eigenvalue weighted by molar-refractivity contribution is 8.76. The molecule has 1 aliphatic carbocycles. The molecule has 2 fully saturated rings. The third-order valence-electron chi connectivity index (χ3n) is 15.4. The predicted molar refractivity (Wildman–Crippen MR) is 359 cm³/mol. The van der Waals surface area contributed by atoms with E-state index in [1.807, 2.05) is 0 Å². The summed E-state index contributed by atoms with van der Waals surface area (Å²) in [4.78, 5) is 191. The first-order valence-electron chi connectivity index (χ1n) is 31.5. The van der Waals surface area contributed by atoms with Crippen LogP contribution in [0, 0.1) is 11.8 Å². The molecule has 1 aromatic rings. The zero-order chi connectivity index (χ0) is 71.4. The van der Waals surface area contributed by atoms with Gasteiger partial charge < -0.3 is 109 Å². The number of aliphatic carboxylic acids is 1. The SMILES string of the molecule is CC[C@H](C)[C@@H]1NC(=O)[C@@H](CCCN=C(N)N)NC(=O)CNC(=O)CNC(=O)[C@@H](C2CCCCC2)NC(=O)[C@H](N)CSSC[C@H](C(N)=O)NC(=O)[C@@H](CCCN=C(N)N)NC(=O)[C@H](Cc2ccccc2)NC(=O)[C@@H](C)NC(=O)[C@H](CCCN=C(N)N)NC(=O)[C@@H](CC(=O)O)NC1=O. The lowest BCUT2D eigenvalue weighted by Gasteiger charge is -2.30. The van der Waals surface area contributed by atoms with Crippen LogP contribution in [0.15, 0.2) is 45.3 Å². The Morgan fingerprint density at radius 3 is 1.55 bits per heavy atom. The fourth-order valence-corrected chi connectivity index (χ4v) is 12.2. The summed E-state index contributed by atoms with van der Waals surface area (Å²) in [5.41, 5.74) is 45.7. The van der Waals surface area contributed by atoms with Crippen LogP contribution in [0.3, 0.4) is 0 Å². The minimum atomic E-state index is -1.93. The number of rotatable bonds is 20. The monoisotopic (exact) mass is 1390 g/mol. The molecule has 12 amide bonds. The van der Waals surface area contributed by atoms with Crippen molar-refractivity contribution in [3.05, 3.63) is 35.9 Å². The maximum Gasteiger partial charge on any atom is 0.305 e. The van der Waals surface area contributed by atoms with E-state index >= 15 is 0 Å². The van der Waals surface area contributed by atoms with Gasteiger partial charge >= 0.3 is 5.97 Å². The van der Waals surface area contributed by atoms with E-state index in [0.717, 1.165) is 40.9 Å². The lowest BCUT2D eigenvalue weighted by atomic mass is 9.83. The molecule has 0 bridgehead atoms. The average molecular weight is 1390 g/mol. The van der Waals surface area contributed by atoms with Gasteiger partial charge in [0, 0.05) is 37.6 Å². The van der Waals surface area contributed by atoms with Crippen LogP contribution in [-0.4, -0.2) is 204 Å². The number of carboxylic acid groups (broad SMARTS) is 1. The fraction of sp³-hybridized carbons (Fsp3) is 0.621. The largest absolute Gasteiger partial charge is 0.481 e. The molecule has 3 rings (SSSR count). The van der Waals surface area contributed by atoms with E-state index in [0.29, 0.717) is 18.4 Å². The molecule has 36 nitrogen and oxygen atoms in total. The maximum absolute atomic E-state index is 14.5. The highest BCUT2D eigenvalue weighted by Gasteiger charge is 2.37. The summed E-state index contributed by atoms with van der Waals surface area (Å²) in [6, 6.07) is -6.15. The standard InChI is InChI=1S/C58H96N22O14S2/c1-4-30(2)44-55(94)77-39(25-43(83)84)53(92)74-36(19-12-22-68-57(63)64)49(88)72-31(3)47(86)76-38(24-32-14-7-5-8-15-32)52(91)75-37(20-13-23-69-58(65)66)50(89)78-40(46(60)85)29-96-95-28-34(59)48(87)80-45(33-16-9-6-10-17-33)54(93)71-26-41(81)70-27-42(82)73-35(51(90)79-44)18-11-21-67-56(61)62/h5,7-8,14-15,30-31,33-40,44-45H,4,6,9-13,16-29,59H2,1-3H3,(H2,60,85)(H,70,81)(H,71,93)(H,72,88)(H,73,82)(H,74,92)(H,75,91)(H,76,86)(H,77,94)(H,78,89)(H,79,90)(H,80,87)(H,83,84)(H4,61,62,67)(H4,63,64,68)(H4,65,66,69)/t30-,31+,34+,35+,36-,37+,38-,39+,40+,44-,45+/m0/s1. The number of guanidine groups is 3. The van der Waals surface area contributed by atoms with E-state index < -0.39 is 163 Å². The first-order chi connectivity index (χ1) is 45.5. The third kappa shape index (κ3) is 30.9. The van der Waals surface area contributed by atoms with Crippen LogP contribution in [0.25, 0.3) is 0 Å². The van der Waals surface area contributed by atoms with E-state index in [1.54, 1.807) is 44.2 Å². The Bertz CT molecular complexity index is 2910. The van der Waals surface area contributed by atoms with Gasteiger partial charge in [-0.2, -0.15) is 0 Å². The number of hydrogen-bond acceptors (Lipinski definition) is 19. The van der Waals surface area contributed by atoms with Gasteiger partial charge in [0.15, 0.2) is 17.9 Å². The van der Waals surface area contributed by atoms with Gasteiger partial charge in [-0.15, -0.1) is 0 Å². The lowest BCUT2D eigenvalue weighted by Crippen LogP contribution is -2.61. The molecule has 1 saturated heterocycles. The summed E-state index contributed by atoms with van der Waals surface area (Å²) in [7, 11) is 2.07. The number of carbonyl (C=O) groups is 13. The zero-order valence-electron chi connectivity index (χ0n) is 54.2. The van der Waals surface area contributed by atoms with Crippen LogP contribution in [0.1, 0.15) is 110 Å².